The molecule has 0 saturated heterocycles. The van der Waals surface area contributed by atoms with Crippen LogP contribution in [0.1, 0.15) is 12.6 Å². The third kappa shape index (κ3) is 2.78. The number of pyridine rings is 1. The van der Waals surface area contributed by atoms with Gasteiger partial charge in [0.05, 0.1) is 0 Å². The first kappa shape index (κ1) is 11.1. The van der Waals surface area contributed by atoms with Crippen LogP contribution in [0.15, 0.2) is 22.8 Å². The number of aliphatic carboxylic acids is 1. The summed E-state index contributed by atoms with van der Waals surface area (Å²) in [5.41, 5.74) is 4.98. The SMILES string of the molecule is CC(N)(Cc1ccc(Br)cn1)C(=O)O. The van der Waals surface area contributed by atoms with Crippen LogP contribution >= 0.6 is 15.9 Å². The monoisotopic (exact) mass is 258 g/mol. The number of nitrogens with zero attached hydrogens (tertiary/aromatic N) is 1. The maximum atomic E-state index is 10.7. The smallest absolute Gasteiger partial charge is 0.323 e. The van der Waals surface area contributed by atoms with Gasteiger partial charge < -0.3 is 10.8 Å². The maximum absolute atomic E-state index is 10.7. The summed E-state index contributed by atoms with van der Waals surface area (Å²) < 4.78 is 0.857. The standard InChI is InChI=1S/C9H11BrN2O2/c1-9(11,8(13)14)4-7-3-2-6(10)5-12-7/h2-3,5H,4,11H2,1H3,(H,13,14). The van der Waals surface area contributed by atoms with Gasteiger partial charge in [0.2, 0.25) is 0 Å². The molecule has 0 saturated carbocycles. The predicted octanol–water partition coefficient (Wildman–Crippen LogP) is 1.19. The molecule has 76 valence electrons. The maximum Gasteiger partial charge on any atom is 0.323 e. The molecular formula is C9H11BrN2O2. The van der Waals surface area contributed by atoms with E-state index < -0.39 is 11.5 Å². The molecule has 0 aromatic carbocycles. The summed E-state index contributed by atoms with van der Waals surface area (Å²) in [4.78, 5) is 14.8. The lowest BCUT2D eigenvalue weighted by molar-refractivity contribution is -0.142. The van der Waals surface area contributed by atoms with E-state index in [4.69, 9.17) is 10.8 Å². The third-order valence-electron chi connectivity index (χ3n) is 1.83. The largest absolute Gasteiger partial charge is 0.480 e. The van der Waals surface area contributed by atoms with Crippen molar-refractivity contribution in [3.63, 3.8) is 0 Å². The van der Waals surface area contributed by atoms with Crippen molar-refractivity contribution >= 4 is 21.9 Å². The molecule has 3 N–H and O–H groups in total. The highest BCUT2D eigenvalue weighted by molar-refractivity contribution is 9.10. The normalized spacial score (nSPS) is 14.8. The summed E-state index contributed by atoms with van der Waals surface area (Å²) >= 11 is 3.24. The lowest BCUT2D eigenvalue weighted by Crippen LogP contribution is -2.46. The molecule has 0 aliphatic rings. The summed E-state index contributed by atoms with van der Waals surface area (Å²) in [6.07, 6.45) is 1.84. The van der Waals surface area contributed by atoms with Gasteiger partial charge in [0.25, 0.3) is 0 Å². The number of carbonyl (C=O) groups is 1. The van der Waals surface area contributed by atoms with Crippen molar-refractivity contribution in [2.24, 2.45) is 5.73 Å². The van der Waals surface area contributed by atoms with E-state index in [0.717, 1.165) is 4.47 Å². The fourth-order valence-corrected chi connectivity index (χ4v) is 1.20. The van der Waals surface area contributed by atoms with Gasteiger partial charge >= 0.3 is 5.97 Å². The van der Waals surface area contributed by atoms with Crippen LogP contribution in [0.4, 0.5) is 0 Å². The Hall–Kier alpha value is -0.940. The summed E-state index contributed by atoms with van der Waals surface area (Å²) in [7, 11) is 0. The summed E-state index contributed by atoms with van der Waals surface area (Å²) in [5, 5.41) is 8.80. The molecule has 0 aliphatic heterocycles. The number of hydrogen-bond acceptors (Lipinski definition) is 3. The molecular weight excluding hydrogens is 248 g/mol. The summed E-state index contributed by atoms with van der Waals surface area (Å²) in [6.45, 7) is 1.47. The average molecular weight is 259 g/mol. The number of aromatic nitrogens is 1. The van der Waals surface area contributed by atoms with Crippen LogP contribution in [-0.4, -0.2) is 21.6 Å². The molecule has 1 aromatic rings. The fraction of sp³-hybridized carbons (Fsp3) is 0.333. The highest BCUT2D eigenvalue weighted by Crippen LogP contribution is 2.12. The molecule has 5 heteroatoms. The molecule has 1 heterocycles. The van der Waals surface area contributed by atoms with E-state index in [1.807, 2.05) is 0 Å². The van der Waals surface area contributed by atoms with Gasteiger partial charge in [-0.1, -0.05) is 0 Å². The highest BCUT2D eigenvalue weighted by atomic mass is 79.9. The second-order valence-corrected chi connectivity index (χ2v) is 4.28. The van der Waals surface area contributed by atoms with Crippen molar-refractivity contribution in [1.82, 2.24) is 4.98 Å². The first-order valence-corrected chi connectivity index (χ1v) is 4.84. The minimum Gasteiger partial charge on any atom is -0.480 e. The zero-order chi connectivity index (χ0) is 10.8. The Balaban J connectivity index is 2.79. The van der Waals surface area contributed by atoms with Crippen LogP contribution in [-0.2, 0) is 11.2 Å². The first-order chi connectivity index (χ1) is 6.42. The second-order valence-electron chi connectivity index (χ2n) is 3.37. The van der Waals surface area contributed by atoms with Gasteiger partial charge in [0, 0.05) is 22.8 Å². The van der Waals surface area contributed by atoms with Gasteiger partial charge in [-0.05, 0) is 35.0 Å². The van der Waals surface area contributed by atoms with Crippen molar-refractivity contribution < 1.29 is 9.90 Å². The molecule has 1 rings (SSSR count). The minimum atomic E-state index is -1.26. The van der Waals surface area contributed by atoms with E-state index in [2.05, 4.69) is 20.9 Å². The average Bonchev–Trinajstić information content (AvgIpc) is 2.08. The van der Waals surface area contributed by atoms with Crippen molar-refractivity contribution in [2.75, 3.05) is 0 Å². The van der Waals surface area contributed by atoms with Crippen LogP contribution in [0, 0.1) is 0 Å². The molecule has 1 atom stereocenters. The topological polar surface area (TPSA) is 76.2 Å². The van der Waals surface area contributed by atoms with E-state index in [9.17, 15) is 4.79 Å². The van der Waals surface area contributed by atoms with E-state index in [1.54, 1.807) is 18.3 Å². The Bertz CT molecular complexity index is 335. The predicted molar refractivity (Wildman–Crippen MR) is 55.9 cm³/mol. The minimum absolute atomic E-state index is 0.218. The number of nitrogens with two attached hydrogens (primary N) is 1. The Morgan fingerprint density at radius 1 is 1.71 bits per heavy atom. The molecule has 0 spiro atoms. The summed E-state index contributed by atoms with van der Waals surface area (Å²) in [6, 6.07) is 3.55. The Kier molecular flexibility index (Phi) is 3.23. The van der Waals surface area contributed by atoms with Crippen LogP contribution in [0.2, 0.25) is 0 Å². The van der Waals surface area contributed by atoms with E-state index >= 15 is 0 Å². The van der Waals surface area contributed by atoms with Gasteiger partial charge in [-0.15, -0.1) is 0 Å². The number of rotatable bonds is 3. The van der Waals surface area contributed by atoms with Gasteiger partial charge in [0.1, 0.15) is 5.54 Å². The fourth-order valence-electron chi connectivity index (χ4n) is 0.963. The third-order valence-corrected chi connectivity index (χ3v) is 2.29. The van der Waals surface area contributed by atoms with E-state index in [-0.39, 0.29) is 6.42 Å². The number of carboxylic acid groups (broad SMARTS) is 1. The molecule has 1 aromatic heterocycles. The molecule has 0 bridgehead atoms. The zero-order valence-electron chi connectivity index (χ0n) is 7.70. The van der Waals surface area contributed by atoms with Gasteiger partial charge in [-0.3, -0.25) is 9.78 Å². The zero-order valence-corrected chi connectivity index (χ0v) is 9.28. The van der Waals surface area contributed by atoms with Crippen molar-refractivity contribution in [2.45, 2.75) is 18.9 Å². The molecule has 0 fully saturated rings. The molecule has 0 aliphatic carbocycles. The molecule has 0 amide bonds. The summed E-state index contributed by atoms with van der Waals surface area (Å²) in [5.74, 6) is -1.03. The highest BCUT2D eigenvalue weighted by Gasteiger charge is 2.28. The van der Waals surface area contributed by atoms with Gasteiger partial charge in [-0.2, -0.15) is 0 Å². The molecule has 0 radical (unpaired) electrons. The lowest BCUT2D eigenvalue weighted by atomic mass is 9.97. The lowest BCUT2D eigenvalue weighted by Gasteiger charge is -2.18. The van der Waals surface area contributed by atoms with Crippen molar-refractivity contribution in [3.05, 3.63) is 28.5 Å². The Morgan fingerprint density at radius 3 is 2.79 bits per heavy atom. The number of carboxylic acids is 1. The second kappa shape index (κ2) is 4.06. The van der Waals surface area contributed by atoms with E-state index in [0.29, 0.717) is 5.69 Å². The van der Waals surface area contributed by atoms with E-state index in [1.165, 1.54) is 6.92 Å². The Labute approximate surface area is 90.3 Å². The molecule has 4 nitrogen and oxygen atoms in total. The molecule has 14 heavy (non-hydrogen) atoms. The van der Waals surface area contributed by atoms with Crippen LogP contribution in [0.25, 0.3) is 0 Å². The molecule has 1 unspecified atom stereocenters. The van der Waals surface area contributed by atoms with Crippen molar-refractivity contribution in [1.29, 1.82) is 0 Å². The Morgan fingerprint density at radius 2 is 2.36 bits per heavy atom. The van der Waals surface area contributed by atoms with Crippen molar-refractivity contribution in [3.8, 4) is 0 Å². The first-order valence-electron chi connectivity index (χ1n) is 4.04. The van der Waals surface area contributed by atoms with Gasteiger partial charge in [0.15, 0.2) is 0 Å². The van der Waals surface area contributed by atoms with Crippen LogP contribution < -0.4 is 5.73 Å². The number of halogens is 1. The number of hydrogen-bond donors (Lipinski definition) is 2. The quantitative estimate of drug-likeness (QED) is 0.854. The van der Waals surface area contributed by atoms with Gasteiger partial charge in [-0.25, -0.2) is 0 Å². The van der Waals surface area contributed by atoms with Crippen LogP contribution in [0.3, 0.4) is 0 Å². The van der Waals surface area contributed by atoms with Crippen LogP contribution in [0.5, 0.6) is 0 Å².